The van der Waals surface area contributed by atoms with Gasteiger partial charge in [0.2, 0.25) is 5.91 Å². The van der Waals surface area contributed by atoms with Gasteiger partial charge in [-0.2, -0.15) is 0 Å². The summed E-state index contributed by atoms with van der Waals surface area (Å²) in [7, 11) is 3.41. The van der Waals surface area contributed by atoms with Gasteiger partial charge in [0.25, 0.3) is 5.91 Å². The molecular formula is C14H22ClN3O2. The molecular weight excluding hydrogens is 278 g/mol. The van der Waals surface area contributed by atoms with Crippen molar-refractivity contribution in [2.75, 3.05) is 20.6 Å². The molecule has 2 amide bonds. The highest BCUT2D eigenvalue weighted by Gasteiger charge is 2.11. The molecule has 6 heteroatoms. The number of nitrogens with one attached hydrogen (secondary N) is 3. The van der Waals surface area contributed by atoms with Crippen molar-refractivity contribution in [2.24, 2.45) is 5.92 Å². The zero-order valence-corrected chi connectivity index (χ0v) is 12.8. The van der Waals surface area contributed by atoms with Crippen LogP contribution in [0.2, 0.25) is 0 Å². The first-order valence-electron chi connectivity index (χ1n) is 6.31. The van der Waals surface area contributed by atoms with Crippen LogP contribution >= 0.6 is 12.4 Å². The van der Waals surface area contributed by atoms with Crippen LogP contribution in [0.1, 0.15) is 22.8 Å². The second kappa shape index (κ2) is 9.34. The number of halogens is 1. The maximum atomic E-state index is 11.8. The minimum atomic E-state index is -0.128. The number of hydrogen-bond donors (Lipinski definition) is 3. The lowest BCUT2D eigenvalue weighted by Gasteiger charge is -2.12. The first-order chi connectivity index (χ1) is 9.08. The van der Waals surface area contributed by atoms with Gasteiger partial charge in [0.15, 0.2) is 0 Å². The summed E-state index contributed by atoms with van der Waals surface area (Å²) in [5.74, 6) is -0.205. The molecule has 0 aliphatic rings. The molecule has 5 nitrogen and oxygen atoms in total. The molecule has 0 saturated carbocycles. The predicted octanol–water partition coefficient (Wildman–Crippen LogP) is 0.940. The number of rotatable bonds is 6. The molecule has 0 radical (unpaired) electrons. The molecule has 20 heavy (non-hydrogen) atoms. The largest absolute Gasteiger partial charge is 0.355 e. The predicted molar refractivity (Wildman–Crippen MR) is 82.0 cm³/mol. The Morgan fingerprint density at radius 2 is 1.95 bits per heavy atom. The molecule has 1 unspecified atom stereocenters. The molecule has 0 spiro atoms. The molecule has 3 N–H and O–H groups in total. The third-order valence-electron chi connectivity index (χ3n) is 2.84. The van der Waals surface area contributed by atoms with Crippen LogP contribution in [-0.4, -0.2) is 32.5 Å². The monoisotopic (exact) mass is 299 g/mol. The van der Waals surface area contributed by atoms with E-state index in [0.717, 1.165) is 5.56 Å². The Hall–Kier alpha value is -1.59. The van der Waals surface area contributed by atoms with Gasteiger partial charge in [-0.3, -0.25) is 9.59 Å². The minimum absolute atomic E-state index is 0. The molecule has 0 bridgehead atoms. The fourth-order valence-electron chi connectivity index (χ4n) is 1.73. The van der Waals surface area contributed by atoms with Crippen molar-refractivity contribution in [1.29, 1.82) is 0 Å². The van der Waals surface area contributed by atoms with Crippen LogP contribution in [0.5, 0.6) is 0 Å². The van der Waals surface area contributed by atoms with Gasteiger partial charge in [-0.1, -0.05) is 19.1 Å². The Bertz CT molecular complexity index is 452. The lowest BCUT2D eigenvalue weighted by atomic mass is 10.1. The van der Waals surface area contributed by atoms with E-state index in [1.54, 1.807) is 19.2 Å². The van der Waals surface area contributed by atoms with Crippen LogP contribution in [0.25, 0.3) is 0 Å². The fraction of sp³-hybridized carbons (Fsp3) is 0.429. The second-order valence-corrected chi connectivity index (χ2v) is 4.46. The van der Waals surface area contributed by atoms with Crippen LogP contribution in [0, 0.1) is 5.92 Å². The van der Waals surface area contributed by atoms with E-state index in [2.05, 4.69) is 16.0 Å². The summed E-state index contributed by atoms with van der Waals surface area (Å²) >= 11 is 0. The van der Waals surface area contributed by atoms with E-state index in [-0.39, 0.29) is 30.1 Å². The average molecular weight is 300 g/mol. The Morgan fingerprint density at radius 1 is 1.25 bits per heavy atom. The van der Waals surface area contributed by atoms with Crippen LogP contribution < -0.4 is 16.0 Å². The zero-order chi connectivity index (χ0) is 14.3. The molecule has 0 aromatic heterocycles. The molecule has 1 atom stereocenters. The molecule has 0 aliphatic carbocycles. The summed E-state index contributed by atoms with van der Waals surface area (Å²) < 4.78 is 0. The van der Waals surface area contributed by atoms with Crippen molar-refractivity contribution >= 4 is 24.2 Å². The van der Waals surface area contributed by atoms with Crippen molar-refractivity contribution in [2.45, 2.75) is 13.5 Å². The summed E-state index contributed by atoms with van der Waals surface area (Å²) in [5.41, 5.74) is 1.50. The number of benzene rings is 1. The maximum Gasteiger partial charge on any atom is 0.251 e. The van der Waals surface area contributed by atoms with Gasteiger partial charge >= 0.3 is 0 Å². The lowest BCUT2D eigenvalue weighted by molar-refractivity contribution is -0.124. The Labute approximate surface area is 125 Å². The van der Waals surface area contributed by atoms with E-state index in [4.69, 9.17) is 0 Å². The Morgan fingerprint density at radius 3 is 2.55 bits per heavy atom. The van der Waals surface area contributed by atoms with Crippen LogP contribution in [0.15, 0.2) is 24.3 Å². The highest BCUT2D eigenvalue weighted by molar-refractivity contribution is 5.94. The second-order valence-electron chi connectivity index (χ2n) is 4.46. The first kappa shape index (κ1) is 18.4. The first-order valence-corrected chi connectivity index (χ1v) is 6.31. The molecule has 0 heterocycles. The molecule has 112 valence electrons. The van der Waals surface area contributed by atoms with Gasteiger partial charge in [0.05, 0.1) is 0 Å². The standard InChI is InChI=1S/C14H21N3O2.ClH/c1-10(8-15-2)13(18)17-9-11-5-4-6-12(7-11)14(19)16-3;/h4-7,10,15H,8-9H2,1-3H3,(H,16,19)(H,17,18);1H. The van der Waals surface area contributed by atoms with Crippen LogP contribution in [0.3, 0.4) is 0 Å². The Kier molecular flexibility index (Phi) is 8.59. The number of amides is 2. The average Bonchev–Trinajstić information content (AvgIpc) is 2.44. The number of hydrogen-bond acceptors (Lipinski definition) is 3. The van der Waals surface area contributed by atoms with Crippen molar-refractivity contribution < 1.29 is 9.59 Å². The van der Waals surface area contributed by atoms with Crippen LogP contribution in [0.4, 0.5) is 0 Å². The maximum absolute atomic E-state index is 11.8. The topological polar surface area (TPSA) is 70.2 Å². The normalized spacial score (nSPS) is 11.2. The van der Waals surface area contributed by atoms with Gasteiger partial charge in [-0.25, -0.2) is 0 Å². The third kappa shape index (κ3) is 5.59. The van der Waals surface area contributed by atoms with Gasteiger partial charge in [-0.05, 0) is 24.7 Å². The van der Waals surface area contributed by atoms with Crippen molar-refractivity contribution in [1.82, 2.24) is 16.0 Å². The highest BCUT2D eigenvalue weighted by Crippen LogP contribution is 2.05. The van der Waals surface area contributed by atoms with Crippen molar-refractivity contribution in [3.05, 3.63) is 35.4 Å². The molecule has 1 rings (SSSR count). The summed E-state index contributed by atoms with van der Waals surface area (Å²) in [4.78, 5) is 23.2. The lowest BCUT2D eigenvalue weighted by Crippen LogP contribution is -2.33. The summed E-state index contributed by atoms with van der Waals surface area (Å²) in [6, 6.07) is 7.22. The van der Waals surface area contributed by atoms with E-state index in [1.165, 1.54) is 0 Å². The van der Waals surface area contributed by atoms with Crippen molar-refractivity contribution in [3.63, 3.8) is 0 Å². The fourth-order valence-corrected chi connectivity index (χ4v) is 1.73. The van der Waals surface area contributed by atoms with Crippen molar-refractivity contribution in [3.8, 4) is 0 Å². The van der Waals surface area contributed by atoms with Gasteiger partial charge in [-0.15, -0.1) is 12.4 Å². The SMILES string of the molecule is CNCC(C)C(=O)NCc1cccc(C(=O)NC)c1.Cl. The third-order valence-corrected chi connectivity index (χ3v) is 2.84. The molecule has 1 aromatic rings. The molecule has 0 saturated heterocycles. The highest BCUT2D eigenvalue weighted by atomic mass is 35.5. The summed E-state index contributed by atoms with van der Waals surface area (Å²) in [6.07, 6.45) is 0. The smallest absolute Gasteiger partial charge is 0.251 e. The summed E-state index contributed by atoms with van der Waals surface area (Å²) in [6.45, 7) is 2.94. The summed E-state index contributed by atoms with van der Waals surface area (Å²) in [5, 5.41) is 8.40. The van der Waals surface area contributed by atoms with Crippen LogP contribution in [-0.2, 0) is 11.3 Å². The quantitative estimate of drug-likeness (QED) is 0.732. The zero-order valence-electron chi connectivity index (χ0n) is 12.0. The van der Waals surface area contributed by atoms with E-state index >= 15 is 0 Å². The van der Waals surface area contributed by atoms with E-state index in [1.807, 2.05) is 26.1 Å². The Balaban J connectivity index is 0.00000361. The molecule has 1 aromatic carbocycles. The molecule has 0 fully saturated rings. The minimum Gasteiger partial charge on any atom is -0.355 e. The van der Waals surface area contributed by atoms with Gasteiger partial charge in [0, 0.05) is 31.6 Å². The van der Waals surface area contributed by atoms with Gasteiger partial charge < -0.3 is 16.0 Å². The van der Waals surface area contributed by atoms with E-state index in [9.17, 15) is 9.59 Å². The molecule has 0 aliphatic heterocycles. The van der Waals surface area contributed by atoms with Gasteiger partial charge in [0.1, 0.15) is 0 Å². The number of carbonyl (C=O) groups excluding carboxylic acids is 2. The van der Waals surface area contributed by atoms with E-state index in [0.29, 0.717) is 18.7 Å². The van der Waals surface area contributed by atoms with E-state index < -0.39 is 0 Å². The number of carbonyl (C=O) groups is 2.